The second-order valence-electron chi connectivity index (χ2n) is 7.22. The molecular weight excluding hydrogens is 382 g/mol. The molecule has 0 bridgehead atoms. The summed E-state index contributed by atoms with van der Waals surface area (Å²) in [7, 11) is 0. The van der Waals surface area contributed by atoms with Gasteiger partial charge in [-0.3, -0.25) is 4.79 Å². The van der Waals surface area contributed by atoms with E-state index in [0.717, 1.165) is 36.9 Å². The number of nitrogens with zero attached hydrogens (tertiary/aromatic N) is 2. The summed E-state index contributed by atoms with van der Waals surface area (Å²) in [4.78, 5) is 18.9. The van der Waals surface area contributed by atoms with E-state index in [-0.39, 0.29) is 5.91 Å². The SMILES string of the molecule is O=C(Nc1nc2c(s1)CCCC2)C1(c2cc(-c3ccc(Cl)cc3)on2)CC1. The number of carbonyl (C=O) groups excluding carboxylic acids is 1. The zero-order valence-electron chi connectivity index (χ0n) is 14.6. The first-order valence-electron chi connectivity index (χ1n) is 9.17. The third kappa shape index (κ3) is 3.07. The zero-order valence-corrected chi connectivity index (χ0v) is 16.2. The number of hydrogen-bond donors (Lipinski definition) is 1. The largest absolute Gasteiger partial charge is 0.356 e. The van der Waals surface area contributed by atoms with E-state index in [1.54, 1.807) is 11.3 Å². The van der Waals surface area contributed by atoms with Crippen molar-refractivity contribution in [1.29, 1.82) is 0 Å². The molecule has 5 rings (SSSR count). The Labute approximate surface area is 165 Å². The molecule has 27 heavy (non-hydrogen) atoms. The highest BCUT2D eigenvalue weighted by atomic mass is 35.5. The topological polar surface area (TPSA) is 68.0 Å². The fraction of sp³-hybridized carbons (Fsp3) is 0.350. The lowest BCUT2D eigenvalue weighted by Crippen LogP contribution is -2.28. The van der Waals surface area contributed by atoms with E-state index in [1.807, 2.05) is 30.3 Å². The number of anilines is 1. The Kier molecular flexibility index (Phi) is 4.06. The van der Waals surface area contributed by atoms with Crippen molar-refractivity contribution in [2.75, 3.05) is 5.32 Å². The van der Waals surface area contributed by atoms with Crippen molar-refractivity contribution in [2.24, 2.45) is 0 Å². The van der Waals surface area contributed by atoms with Gasteiger partial charge in [0, 0.05) is 21.5 Å². The van der Waals surface area contributed by atoms with Crippen molar-refractivity contribution < 1.29 is 9.32 Å². The molecule has 0 atom stereocenters. The van der Waals surface area contributed by atoms with Crippen LogP contribution in [0.3, 0.4) is 0 Å². The molecule has 0 radical (unpaired) electrons. The number of hydrogen-bond acceptors (Lipinski definition) is 5. The van der Waals surface area contributed by atoms with Crippen LogP contribution in [-0.4, -0.2) is 16.0 Å². The first-order valence-corrected chi connectivity index (χ1v) is 10.4. The number of carbonyl (C=O) groups is 1. The molecule has 1 aromatic carbocycles. The maximum Gasteiger partial charge on any atom is 0.238 e. The number of rotatable bonds is 4. The summed E-state index contributed by atoms with van der Waals surface area (Å²) in [5.74, 6) is 0.606. The van der Waals surface area contributed by atoms with Crippen LogP contribution < -0.4 is 5.32 Å². The number of benzene rings is 1. The van der Waals surface area contributed by atoms with Gasteiger partial charge in [-0.25, -0.2) is 4.98 Å². The Morgan fingerprint density at radius 1 is 1.19 bits per heavy atom. The van der Waals surface area contributed by atoms with Gasteiger partial charge >= 0.3 is 0 Å². The fourth-order valence-electron chi connectivity index (χ4n) is 3.60. The normalized spacial score (nSPS) is 17.4. The number of amides is 1. The van der Waals surface area contributed by atoms with Gasteiger partial charge in [0.25, 0.3) is 0 Å². The number of aryl methyl sites for hydroxylation is 2. The maximum absolute atomic E-state index is 13.0. The Bertz CT molecular complexity index is 981. The Morgan fingerprint density at radius 2 is 1.96 bits per heavy atom. The molecule has 0 aliphatic heterocycles. The highest BCUT2D eigenvalue weighted by Crippen LogP contribution is 2.49. The van der Waals surface area contributed by atoms with E-state index < -0.39 is 5.41 Å². The molecular formula is C20H18ClN3O2S. The average molecular weight is 400 g/mol. The molecule has 2 aromatic heterocycles. The van der Waals surface area contributed by atoms with Crippen molar-refractivity contribution in [3.63, 3.8) is 0 Å². The van der Waals surface area contributed by atoms with Crippen LogP contribution in [0.4, 0.5) is 5.13 Å². The minimum Gasteiger partial charge on any atom is -0.356 e. The van der Waals surface area contributed by atoms with Crippen LogP contribution in [0.2, 0.25) is 5.02 Å². The van der Waals surface area contributed by atoms with E-state index in [9.17, 15) is 4.79 Å². The van der Waals surface area contributed by atoms with Crippen LogP contribution in [-0.2, 0) is 23.1 Å². The first-order chi connectivity index (χ1) is 13.1. The van der Waals surface area contributed by atoms with Gasteiger partial charge in [0.05, 0.1) is 16.8 Å². The molecule has 1 N–H and O–H groups in total. The van der Waals surface area contributed by atoms with Gasteiger partial charge < -0.3 is 9.84 Å². The van der Waals surface area contributed by atoms with Crippen molar-refractivity contribution in [2.45, 2.75) is 43.9 Å². The molecule has 3 aromatic rings. The number of thiazole rings is 1. The van der Waals surface area contributed by atoms with Gasteiger partial charge in [-0.2, -0.15) is 0 Å². The lowest BCUT2D eigenvalue weighted by Gasteiger charge is -2.10. The van der Waals surface area contributed by atoms with E-state index in [0.29, 0.717) is 21.6 Å². The number of aromatic nitrogens is 2. The van der Waals surface area contributed by atoms with Crippen LogP contribution >= 0.6 is 22.9 Å². The Balaban J connectivity index is 1.36. The van der Waals surface area contributed by atoms with E-state index in [2.05, 4.69) is 15.5 Å². The van der Waals surface area contributed by atoms with E-state index in [4.69, 9.17) is 16.1 Å². The fourth-order valence-corrected chi connectivity index (χ4v) is 4.77. The van der Waals surface area contributed by atoms with Crippen molar-refractivity contribution in [3.05, 3.63) is 51.6 Å². The zero-order chi connectivity index (χ0) is 18.4. The summed E-state index contributed by atoms with van der Waals surface area (Å²) in [6, 6.07) is 9.24. The molecule has 138 valence electrons. The molecule has 2 aliphatic rings. The lowest BCUT2D eigenvalue weighted by molar-refractivity contribution is -0.118. The minimum atomic E-state index is -0.597. The van der Waals surface area contributed by atoms with Crippen LogP contribution in [0.5, 0.6) is 0 Å². The van der Waals surface area contributed by atoms with E-state index in [1.165, 1.54) is 17.7 Å². The number of halogens is 1. The predicted octanol–water partition coefficient (Wildman–Crippen LogP) is 5.00. The molecule has 5 nitrogen and oxygen atoms in total. The second kappa shape index (κ2) is 6.46. The second-order valence-corrected chi connectivity index (χ2v) is 8.74. The van der Waals surface area contributed by atoms with Crippen molar-refractivity contribution >= 4 is 34.0 Å². The van der Waals surface area contributed by atoms with E-state index >= 15 is 0 Å². The predicted molar refractivity (Wildman–Crippen MR) is 105 cm³/mol. The van der Waals surface area contributed by atoms with Gasteiger partial charge in [0.15, 0.2) is 10.9 Å². The smallest absolute Gasteiger partial charge is 0.238 e. The number of nitrogens with one attached hydrogen (secondary N) is 1. The standard InChI is InChI=1S/C20H18ClN3O2S/c21-13-7-5-12(6-8-13)15-11-17(24-26-15)20(9-10-20)18(25)23-19-22-14-3-1-2-4-16(14)27-19/h5-8,11H,1-4,9-10H2,(H,22,23,25). The highest BCUT2D eigenvalue weighted by molar-refractivity contribution is 7.15. The Morgan fingerprint density at radius 3 is 2.70 bits per heavy atom. The van der Waals surface area contributed by atoms with Crippen molar-refractivity contribution in [1.82, 2.24) is 10.1 Å². The Hall–Kier alpha value is -2.18. The summed E-state index contributed by atoms with van der Waals surface area (Å²) >= 11 is 7.55. The van der Waals surface area contributed by atoms with Crippen LogP contribution in [0.25, 0.3) is 11.3 Å². The molecule has 2 aliphatic carbocycles. The molecule has 0 saturated heterocycles. The van der Waals surface area contributed by atoms with Crippen LogP contribution in [0.15, 0.2) is 34.9 Å². The molecule has 0 spiro atoms. The third-order valence-corrected chi connectivity index (χ3v) is 6.70. The minimum absolute atomic E-state index is 0.0375. The van der Waals surface area contributed by atoms with Gasteiger partial charge in [-0.05, 0) is 62.8 Å². The van der Waals surface area contributed by atoms with Crippen LogP contribution in [0, 0.1) is 0 Å². The van der Waals surface area contributed by atoms with Gasteiger partial charge in [-0.15, -0.1) is 11.3 Å². The van der Waals surface area contributed by atoms with Crippen molar-refractivity contribution in [3.8, 4) is 11.3 Å². The summed E-state index contributed by atoms with van der Waals surface area (Å²) in [6.45, 7) is 0. The summed E-state index contributed by atoms with van der Waals surface area (Å²) in [5.41, 5.74) is 2.13. The third-order valence-electron chi connectivity index (χ3n) is 5.38. The average Bonchev–Trinajstić information content (AvgIpc) is 3.15. The highest BCUT2D eigenvalue weighted by Gasteiger charge is 2.54. The monoisotopic (exact) mass is 399 g/mol. The number of fused-ring (bicyclic) bond motifs is 1. The molecule has 0 unspecified atom stereocenters. The lowest BCUT2D eigenvalue weighted by atomic mass is 10.0. The summed E-state index contributed by atoms with van der Waals surface area (Å²) < 4.78 is 5.50. The molecule has 2 heterocycles. The summed E-state index contributed by atoms with van der Waals surface area (Å²) in [5, 5.41) is 8.59. The van der Waals surface area contributed by atoms with Gasteiger partial charge in [0.2, 0.25) is 5.91 Å². The molecule has 7 heteroatoms. The molecule has 1 saturated carbocycles. The molecule has 1 amide bonds. The van der Waals surface area contributed by atoms with Gasteiger partial charge in [-0.1, -0.05) is 16.8 Å². The maximum atomic E-state index is 13.0. The van der Waals surface area contributed by atoms with Crippen LogP contribution in [0.1, 0.15) is 41.9 Å². The van der Waals surface area contributed by atoms with Gasteiger partial charge in [0.1, 0.15) is 0 Å². The quantitative estimate of drug-likeness (QED) is 0.670. The molecule has 1 fully saturated rings. The summed E-state index contributed by atoms with van der Waals surface area (Å²) in [6.07, 6.45) is 6.02. The first kappa shape index (κ1) is 17.0.